The highest BCUT2D eigenvalue weighted by Crippen LogP contribution is 2.33. The Balaban J connectivity index is 1.50. The molecule has 8 heteroatoms. The van der Waals surface area contributed by atoms with E-state index in [2.05, 4.69) is 21.5 Å². The lowest BCUT2D eigenvalue weighted by atomic mass is 9.85. The number of nitrogens with two attached hydrogens (primary N) is 2. The summed E-state index contributed by atoms with van der Waals surface area (Å²) in [5.74, 6) is 0.895. The van der Waals surface area contributed by atoms with Crippen molar-refractivity contribution in [1.29, 1.82) is 0 Å². The monoisotopic (exact) mass is 393 g/mol. The maximum atomic E-state index is 6.05. The highest BCUT2D eigenvalue weighted by molar-refractivity contribution is 7.18. The van der Waals surface area contributed by atoms with Crippen molar-refractivity contribution >= 4 is 44.4 Å². The zero-order valence-corrected chi connectivity index (χ0v) is 16.5. The predicted octanol–water partition coefficient (Wildman–Crippen LogP) is 3.96. The normalized spacial score (nSPS) is 20.1. The first kappa shape index (κ1) is 17.4. The fourth-order valence-electron chi connectivity index (χ4n) is 3.99. The number of aryl methyl sites for hydroxylation is 1. The number of thiazole rings is 1. The molecule has 5 rings (SSSR count). The van der Waals surface area contributed by atoms with Crippen LogP contribution < -0.4 is 16.8 Å². The second-order valence-corrected chi connectivity index (χ2v) is 8.80. The van der Waals surface area contributed by atoms with Crippen molar-refractivity contribution < 1.29 is 0 Å². The summed E-state index contributed by atoms with van der Waals surface area (Å²) in [7, 11) is 0. The summed E-state index contributed by atoms with van der Waals surface area (Å²) in [6.07, 6.45) is 6.25. The molecule has 5 N–H and O–H groups in total. The van der Waals surface area contributed by atoms with Gasteiger partial charge in [0.2, 0.25) is 0 Å². The smallest absolute Gasteiger partial charge is 0.177 e. The van der Waals surface area contributed by atoms with Gasteiger partial charge in [0, 0.05) is 23.7 Å². The van der Waals surface area contributed by atoms with Crippen LogP contribution in [-0.2, 0) is 0 Å². The van der Waals surface area contributed by atoms with Gasteiger partial charge in [0.15, 0.2) is 5.65 Å². The molecule has 1 fully saturated rings. The summed E-state index contributed by atoms with van der Waals surface area (Å²) in [5, 5.41) is 8.95. The number of nitrogen functional groups attached to an aromatic ring is 1. The Kier molecular flexibility index (Phi) is 4.17. The van der Waals surface area contributed by atoms with E-state index in [0.29, 0.717) is 17.8 Å². The number of nitrogens with zero attached hydrogens (tertiary/aromatic N) is 4. The first-order valence-electron chi connectivity index (χ1n) is 9.61. The van der Waals surface area contributed by atoms with Crippen LogP contribution in [0.3, 0.4) is 0 Å². The Morgan fingerprint density at radius 3 is 2.79 bits per heavy atom. The van der Waals surface area contributed by atoms with E-state index in [-0.39, 0.29) is 0 Å². The zero-order valence-electron chi connectivity index (χ0n) is 15.7. The molecule has 7 nitrogen and oxygen atoms in total. The molecule has 0 bridgehead atoms. The third kappa shape index (κ3) is 3.18. The number of hydrogen-bond donors (Lipinski definition) is 3. The van der Waals surface area contributed by atoms with Gasteiger partial charge in [0.05, 0.1) is 32.8 Å². The number of hydrogen-bond acceptors (Lipinski definition) is 7. The molecule has 0 atom stereocenters. The molecule has 1 aliphatic carbocycles. The van der Waals surface area contributed by atoms with Crippen molar-refractivity contribution in [2.75, 3.05) is 11.1 Å². The average molecular weight is 394 g/mol. The van der Waals surface area contributed by atoms with E-state index in [1.165, 1.54) is 0 Å². The van der Waals surface area contributed by atoms with Crippen LogP contribution in [0, 0.1) is 6.92 Å². The molecule has 3 aromatic heterocycles. The molecule has 1 aliphatic rings. The molecule has 3 heterocycles. The van der Waals surface area contributed by atoms with Crippen molar-refractivity contribution in [2.24, 2.45) is 5.73 Å². The fourth-order valence-corrected chi connectivity index (χ4v) is 4.86. The molecule has 144 valence electrons. The molecule has 0 radical (unpaired) electrons. The second-order valence-electron chi connectivity index (χ2n) is 7.57. The van der Waals surface area contributed by atoms with Gasteiger partial charge in [0.1, 0.15) is 5.82 Å². The third-order valence-corrected chi connectivity index (χ3v) is 6.36. The zero-order chi connectivity index (χ0) is 19.3. The van der Waals surface area contributed by atoms with Crippen molar-refractivity contribution in [3.63, 3.8) is 0 Å². The third-order valence-electron chi connectivity index (χ3n) is 5.43. The maximum absolute atomic E-state index is 6.05. The number of rotatable bonds is 3. The van der Waals surface area contributed by atoms with E-state index in [1.807, 2.05) is 31.3 Å². The highest BCUT2D eigenvalue weighted by Gasteiger charge is 2.23. The van der Waals surface area contributed by atoms with Crippen LogP contribution in [0.1, 0.15) is 42.3 Å². The van der Waals surface area contributed by atoms with Crippen LogP contribution in [0.25, 0.3) is 15.9 Å². The van der Waals surface area contributed by atoms with Crippen molar-refractivity contribution in [3.05, 3.63) is 41.2 Å². The second kappa shape index (κ2) is 6.72. The maximum Gasteiger partial charge on any atom is 0.177 e. The van der Waals surface area contributed by atoms with E-state index < -0.39 is 0 Å². The van der Waals surface area contributed by atoms with E-state index in [1.54, 1.807) is 15.9 Å². The molecule has 0 spiro atoms. The Morgan fingerprint density at radius 2 is 1.96 bits per heavy atom. The van der Waals surface area contributed by atoms with Crippen molar-refractivity contribution in [1.82, 2.24) is 19.6 Å². The summed E-state index contributed by atoms with van der Waals surface area (Å²) in [5.41, 5.74) is 16.8. The summed E-state index contributed by atoms with van der Waals surface area (Å²) in [6.45, 7) is 2.02. The molecule has 0 aliphatic heterocycles. The number of imidazole rings is 1. The van der Waals surface area contributed by atoms with E-state index in [9.17, 15) is 0 Å². The van der Waals surface area contributed by atoms with E-state index in [0.717, 1.165) is 63.6 Å². The van der Waals surface area contributed by atoms with Crippen LogP contribution >= 0.6 is 11.3 Å². The number of anilines is 3. The van der Waals surface area contributed by atoms with Gasteiger partial charge in [-0.3, -0.25) is 0 Å². The molecule has 4 aromatic rings. The minimum atomic E-state index is 0.324. The molecule has 28 heavy (non-hydrogen) atoms. The summed E-state index contributed by atoms with van der Waals surface area (Å²) in [6, 6.07) is 8.33. The molecule has 0 saturated heterocycles. The Bertz CT molecular complexity index is 1150. The van der Waals surface area contributed by atoms with Gasteiger partial charge < -0.3 is 16.8 Å². The van der Waals surface area contributed by atoms with Gasteiger partial charge in [-0.25, -0.2) is 14.5 Å². The summed E-state index contributed by atoms with van der Waals surface area (Å²) < 4.78 is 2.94. The molecule has 1 aromatic carbocycles. The average Bonchev–Trinajstić information content (AvgIpc) is 3.24. The van der Waals surface area contributed by atoms with Crippen molar-refractivity contribution in [3.8, 4) is 0 Å². The van der Waals surface area contributed by atoms with Gasteiger partial charge in [0.25, 0.3) is 0 Å². The lowest BCUT2D eigenvalue weighted by Crippen LogP contribution is -2.25. The SMILES string of the molecule is Cc1nc2ccc(Nc3cc(N)nn4cc(C5CCC(N)CC5)nc34)cc2s1. The van der Waals surface area contributed by atoms with Crippen LogP contribution in [0.4, 0.5) is 17.2 Å². The summed E-state index contributed by atoms with van der Waals surface area (Å²) >= 11 is 1.69. The van der Waals surface area contributed by atoms with Gasteiger partial charge in [-0.2, -0.15) is 0 Å². The Morgan fingerprint density at radius 1 is 1.14 bits per heavy atom. The molecular weight excluding hydrogens is 370 g/mol. The first-order valence-corrected chi connectivity index (χ1v) is 10.4. The lowest BCUT2D eigenvalue weighted by Gasteiger charge is -2.24. The lowest BCUT2D eigenvalue weighted by molar-refractivity contribution is 0.391. The quantitative estimate of drug-likeness (QED) is 0.486. The largest absolute Gasteiger partial charge is 0.382 e. The Labute approximate surface area is 166 Å². The van der Waals surface area contributed by atoms with Gasteiger partial charge in [-0.15, -0.1) is 16.4 Å². The molecule has 0 unspecified atom stereocenters. The Hall–Kier alpha value is -2.71. The number of aromatic nitrogens is 4. The van der Waals surface area contributed by atoms with Crippen LogP contribution in [0.2, 0.25) is 0 Å². The molecule has 1 saturated carbocycles. The van der Waals surface area contributed by atoms with Crippen LogP contribution in [0.5, 0.6) is 0 Å². The minimum Gasteiger partial charge on any atom is -0.382 e. The standard InChI is InChI=1S/C20H23N7S/c1-11-23-15-7-6-14(8-18(15)28-11)24-16-9-19(22)26-27-10-17(25-20(16)27)12-2-4-13(21)5-3-12/h6-10,12-13,24H,2-5,21H2,1H3,(H2,22,26). The number of benzene rings is 1. The van der Waals surface area contributed by atoms with Gasteiger partial charge in [-0.05, 0) is 50.8 Å². The van der Waals surface area contributed by atoms with Crippen LogP contribution in [-0.4, -0.2) is 25.6 Å². The predicted molar refractivity (Wildman–Crippen MR) is 114 cm³/mol. The van der Waals surface area contributed by atoms with Gasteiger partial charge in [-0.1, -0.05) is 0 Å². The first-order chi connectivity index (χ1) is 13.5. The molecule has 0 amide bonds. The summed E-state index contributed by atoms with van der Waals surface area (Å²) in [4.78, 5) is 9.42. The topological polar surface area (TPSA) is 107 Å². The number of nitrogens with one attached hydrogen (secondary N) is 1. The fraction of sp³-hybridized carbons (Fsp3) is 0.350. The van der Waals surface area contributed by atoms with Crippen molar-refractivity contribution in [2.45, 2.75) is 44.6 Å². The van der Waals surface area contributed by atoms with E-state index >= 15 is 0 Å². The van der Waals surface area contributed by atoms with Crippen LogP contribution in [0.15, 0.2) is 30.5 Å². The highest BCUT2D eigenvalue weighted by atomic mass is 32.1. The minimum absolute atomic E-state index is 0.324. The number of fused-ring (bicyclic) bond motifs is 2. The van der Waals surface area contributed by atoms with E-state index in [4.69, 9.17) is 16.5 Å². The van der Waals surface area contributed by atoms with Gasteiger partial charge >= 0.3 is 0 Å². The molecular formula is C20H23N7S.